The van der Waals surface area contributed by atoms with Gasteiger partial charge >= 0.3 is 0 Å². The van der Waals surface area contributed by atoms with Crippen LogP contribution >= 0.6 is 23.2 Å². The van der Waals surface area contributed by atoms with Gasteiger partial charge in [-0.1, -0.05) is 35.3 Å². The summed E-state index contributed by atoms with van der Waals surface area (Å²) in [6.45, 7) is -0.149. The van der Waals surface area contributed by atoms with Gasteiger partial charge < -0.3 is 9.84 Å². The predicted octanol–water partition coefficient (Wildman–Crippen LogP) is 3.67. The van der Waals surface area contributed by atoms with Gasteiger partial charge in [0.15, 0.2) is 5.75 Å². The van der Waals surface area contributed by atoms with Crippen molar-refractivity contribution in [3.8, 4) is 11.5 Å². The minimum atomic E-state index is -0.149. The van der Waals surface area contributed by atoms with Gasteiger partial charge in [0.05, 0.1) is 22.8 Å². The highest BCUT2D eigenvalue weighted by molar-refractivity contribution is 6.32. The van der Waals surface area contributed by atoms with Gasteiger partial charge in [-0.25, -0.2) is 0 Å². The lowest BCUT2D eigenvalue weighted by Crippen LogP contribution is -1.93. The lowest BCUT2D eigenvalue weighted by Gasteiger charge is -2.11. The molecule has 0 atom stereocenters. The number of halogens is 2. The van der Waals surface area contributed by atoms with Crippen molar-refractivity contribution in [1.82, 2.24) is 4.98 Å². The zero-order chi connectivity index (χ0) is 12.3. The molecule has 0 spiro atoms. The van der Waals surface area contributed by atoms with Crippen LogP contribution in [0.25, 0.3) is 0 Å². The molecule has 17 heavy (non-hydrogen) atoms. The molecule has 0 saturated carbocycles. The average Bonchev–Trinajstić information content (AvgIpc) is 2.32. The highest BCUT2D eigenvalue weighted by Crippen LogP contribution is 2.33. The molecule has 0 fully saturated rings. The monoisotopic (exact) mass is 269 g/mol. The first-order valence-corrected chi connectivity index (χ1v) is 5.63. The SMILES string of the molecule is OCc1cccc(Cl)c1Oc1cncc(Cl)c1. The van der Waals surface area contributed by atoms with Crippen molar-refractivity contribution in [2.75, 3.05) is 0 Å². The molecule has 2 aromatic rings. The number of benzene rings is 1. The molecule has 2 rings (SSSR count). The van der Waals surface area contributed by atoms with E-state index in [1.165, 1.54) is 12.4 Å². The molecule has 0 aliphatic heterocycles. The molecule has 0 saturated heterocycles. The Bertz CT molecular complexity index is 532. The summed E-state index contributed by atoms with van der Waals surface area (Å²) < 4.78 is 5.57. The van der Waals surface area contributed by atoms with Crippen molar-refractivity contribution < 1.29 is 9.84 Å². The minimum Gasteiger partial charge on any atom is -0.454 e. The molecule has 0 unspecified atom stereocenters. The summed E-state index contributed by atoms with van der Waals surface area (Å²) in [7, 11) is 0. The molecule has 1 aromatic carbocycles. The highest BCUT2D eigenvalue weighted by Gasteiger charge is 2.09. The summed E-state index contributed by atoms with van der Waals surface area (Å²) in [6, 6.07) is 6.79. The Balaban J connectivity index is 2.35. The van der Waals surface area contributed by atoms with Crippen LogP contribution in [0.15, 0.2) is 36.7 Å². The van der Waals surface area contributed by atoms with E-state index in [1.807, 2.05) is 0 Å². The Morgan fingerprint density at radius 2 is 2.06 bits per heavy atom. The summed E-state index contributed by atoms with van der Waals surface area (Å²) in [6.07, 6.45) is 3.03. The van der Waals surface area contributed by atoms with E-state index in [9.17, 15) is 5.11 Å². The van der Waals surface area contributed by atoms with E-state index in [0.29, 0.717) is 27.1 Å². The Hall–Kier alpha value is -1.29. The number of rotatable bonds is 3. The topological polar surface area (TPSA) is 42.4 Å². The number of aliphatic hydroxyl groups excluding tert-OH is 1. The fraction of sp³-hybridized carbons (Fsp3) is 0.0833. The second-order valence-corrected chi connectivity index (χ2v) is 4.17. The fourth-order valence-corrected chi connectivity index (χ4v) is 1.75. The van der Waals surface area contributed by atoms with Crippen LogP contribution in [0.5, 0.6) is 11.5 Å². The molecular formula is C12H9Cl2NO2. The van der Waals surface area contributed by atoms with Gasteiger partial charge in [0.25, 0.3) is 0 Å². The first-order chi connectivity index (χ1) is 8.20. The van der Waals surface area contributed by atoms with Gasteiger partial charge in [-0.05, 0) is 6.07 Å². The summed E-state index contributed by atoms with van der Waals surface area (Å²) >= 11 is 11.8. The smallest absolute Gasteiger partial charge is 0.151 e. The number of ether oxygens (including phenoxy) is 1. The molecule has 0 radical (unpaired) electrons. The van der Waals surface area contributed by atoms with Gasteiger partial charge in [0.2, 0.25) is 0 Å². The maximum absolute atomic E-state index is 9.20. The summed E-state index contributed by atoms with van der Waals surface area (Å²) in [5.74, 6) is 0.890. The summed E-state index contributed by atoms with van der Waals surface area (Å²) in [5.41, 5.74) is 0.609. The molecule has 0 amide bonds. The molecule has 5 heteroatoms. The molecule has 0 bridgehead atoms. The third kappa shape index (κ3) is 2.88. The van der Waals surface area contributed by atoms with Crippen molar-refractivity contribution in [2.45, 2.75) is 6.61 Å². The van der Waals surface area contributed by atoms with E-state index in [0.717, 1.165) is 0 Å². The Morgan fingerprint density at radius 3 is 2.76 bits per heavy atom. The predicted molar refractivity (Wildman–Crippen MR) is 66.7 cm³/mol. The van der Waals surface area contributed by atoms with Crippen LogP contribution in [0.2, 0.25) is 10.0 Å². The lowest BCUT2D eigenvalue weighted by atomic mass is 10.2. The van der Waals surface area contributed by atoms with Crippen LogP contribution in [0, 0.1) is 0 Å². The quantitative estimate of drug-likeness (QED) is 0.925. The van der Waals surface area contributed by atoms with E-state index < -0.39 is 0 Å². The number of aromatic nitrogens is 1. The van der Waals surface area contributed by atoms with Crippen LogP contribution in [0.4, 0.5) is 0 Å². The fourth-order valence-electron chi connectivity index (χ4n) is 1.36. The number of nitrogens with zero attached hydrogens (tertiary/aromatic N) is 1. The molecule has 1 N–H and O–H groups in total. The first-order valence-electron chi connectivity index (χ1n) is 4.87. The summed E-state index contributed by atoms with van der Waals surface area (Å²) in [4.78, 5) is 3.90. The van der Waals surface area contributed by atoms with E-state index in [4.69, 9.17) is 27.9 Å². The Labute approximate surface area is 109 Å². The van der Waals surface area contributed by atoms with Gasteiger partial charge in [0, 0.05) is 17.8 Å². The van der Waals surface area contributed by atoms with Crippen LogP contribution in [-0.4, -0.2) is 10.1 Å². The van der Waals surface area contributed by atoms with E-state index in [2.05, 4.69) is 4.98 Å². The van der Waals surface area contributed by atoms with Gasteiger partial charge in [-0.3, -0.25) is 4.98 Å². The van der Waals surface area contributed by atoms with Crippen molar-refractivity contribution in [2.24, 2.45) is 0 Å². The Morgan fingerprint density at radius 1 is 1.24 bits per heavy atom. The van der Waals surface area contributed by atoms with Crippen LogP contribution in [-0.2, 0) is 6.61 Å². The third-order valence-electron chi connectivity index (χ3n) is 2.12. The Kier molecular flexibility index (Phi) is 3.84. The standard InChI is InChI=1S/C12H9Cl2NO2/c13-9-4-10(6-15-5-9)17-12-8(7-16)2-1-3-11(12)14/h1-6,16H,7H2. The highest BCUT2D eigenvalue weighted by atomic mass is 35.5. The number of hydrogen-bond acceptors (Lipinski definition) is 3. The van der Waals surface area contributed by atoms with Crippen molar-refractivity contribution >= 4 is 23.2 Å². The van der Waals surface area contributed by atoms with Gasteiger partial charge in [0.1, 0.15) is 5.75 Å². The van der Waals surface area contributed by atoms with Crippen molar-refractivity contribution in [1.29, 1.82) is 0 Å². The molecule has 1 aromatic heterocycles. The van der Waals surface area contributed by atoms with Crippen LogP contribution < -0.4 is 4.74 Å². The van der Waals surface area contributed by atoms with Crippen molar-refractivity contribution in [3.05, 3.63) is 52.3 Å². The van der Waals surface area contributed by atoms with Crippen LogP contribution in [0.3, 0.4) is 0 Å². The van der Waals surface area contributed by atoms with Crippen LogP contribution in [0.1, 0.15) is 5.56 Å². The number of pyridine rings is 1. The molecule has 3 nitrogen and oxygen atoms in total. The van der Waals surface area contributed by atoms with E-state index >= 15 is 0 Å². The maximum Gasteiger partial charge on any atom is 0.151 e. The molecule has 0 aliphatic rings. The number of hydrogen-bond donors (Lipinski definition) is 1. The van der Waals surface area contributed by atoms with E-state index in [1.54, 1.807) is 24.3 Å². The lowest BCUT2D eigenvalue weighted by molar-refractivity contribution is 0.276. The zero-order valence-corrected chi connectivity index (χ0v) is 10.2. The normalized spacial score (nSPS) is 10.3. The largest absolute Gasteiger partial charge is 0.454 e. The number of aliphatic hydroxyl groups is 1. The minimum absolute atomic E-state index is 0.149. The average molecular weight is 270 g/mol. The van der Waals surface area contributed by atoms with Crippen molar-refractivity contribution in [3.63, 3.8) is 0 Å². The molecule has 0 aliphatic carbocycles. The maximum atomic E-state index is 9.20. The molecule has 88 valence electrons. The second kappa shape index (κ2) is 5.36. The second-order valence-electron chi connectivity index (χ2n) is 3.33. The van der Waals surface area contributed by atoms with Gasteiger partial charge in [-0.2, -0.15) is 0 Å². The molecule has 1 heterocycles. The van der Waals surface area contributed by atoms with E-state index in [-0.39, 0.29) is 6.61 Å². The third-order valence-corrected chi connectivity index (χ3v) is 2.62. The zero-order valence-electron chi connectivity index (χ0n) is 8.73. The van der Waals surface area contributed by atoms with Gasteiger partial charge in [-0.15, -0.1) is 0 Å². The first kappa shape index (κ1) is 12.2. The molecular weight excluding hydrogens is 261 g/mol. The number of para-hydroxylation sites is 1. The summed E-state index contributed by atoms with van der Waals surface area (Å²) in [5, 5.41) is 10.1.